The molecule has 1 atom stereocenters. The Hall–Kier alpha value is -3.04. The van der Waals surface area contributed by atoms with Crippen molar-refractivity contribution in [2.24, 2.45) is 0 Å². The Labute approximate surface area is 172 Å². The lowest BCUT2D eigenvalue weighted by molar-refractivity contribution is -0.131. The molecule has 8 nitrogen and oxygen atoms in total. The van der Waals surface area contributed by atoms with Gasteiger partial charge in [0.2, 0.25) is 17.7 Å². The number of carbonyl (C=O) groups excluding carboxylic acids is 3. The molecular weight excluding hydrogens is 394 g/mol. The van der Waals surface area contributed by atoms with Crippen LogP contribution in [0.4, 0.5) is 11.4 Å². The number of thioether (sulfide) groups is 1. The number of hydrogen-bond acceptors (Lipinski definition) is 6. The first-order valence-electron chi connectivity index (χ1n) is 8.93. The number of nitrogens with zero attached hydrogens (tertiary/aromatic N) is 1. The van der Waals surface area contributed by atoms with E-state index >= 15 is 0 Å². The van der Waals surface area contributed by atoms with Crippen molar-refractivity contribution in [2.75, 3.05) is 23.1 Å². The number of methoxy groups -OCH3 is 1. The first kappa shape index (κ1) is 20.7. The lowest BCUT2D eigenvalue weighted by Crippen LogP contribution is -2.28. The molecule has 1 aliphatic rings. The van der Waals surface area contributed by atoms with Gasteiger partial charge in [-0.15, -0.1) is 11.8 Å². The van der Waals surface area contributed by atoms with Crippen molar-refractivity contribution in [3.8, 4) is 5.75 Å². The van der Waals surface area contributed by atoms with E-state index in [4.69, 9.17) is 9.94 Å². The molecule has 29 heavy (non-hydrogen) atoms. The fourth-order valence-electron chi connectivity index (χ4n) is 3.04. The van der Waals surface area contributed by atoms with Crippen molar-refractivity contribution in [2.45, 2.75) is 18.2 Å². The molecule has 1 saturated heterocycles. The number of nitrogens with one attached hydrogen (secondary N) is 2. The lowest BCUT2D eigenvalue weighted by atomic mass is 10.1. The van der Waals surface area contributed by atoms with Crippen LogP contribution in [0.15, 0.2) is 48.5 Å². The van der Waals surface area contributed by atoms with Crippen molar-refractivity contribution >= 4 is 40.9 Å². The average Bonchev–Trinajstić information content (AvgIpc) is 3.13. The summed E-state index contributed by atoms with van der Waals surface area (Å²) in [7, 11) is 1.56. The number of hydrogen-bond donors (Lipinski definition) is 3. The van der Waals surface area contributed by atoms with E-state index < -0.39 is 5.91 Å². The van der Waals surface area contributed by atoms with Gasteiger partial charge in [0.1, 0.15) is 11.1 Å². The second-order valence-corrected chi connectivity index (χ2v) is 7.38. The molecule has 2 aromatic rings. The Morgan fingerprint density at radius 2 is 1.93 bits per heavy atom. The second-order valence-electron chi connectivity index (χ2n) is 6.31. The zero-order valence-corrected chi connectivity index (χ0v) is 16.6. The summed E-state index contributed by atoms with van der Waals surface area (Å²) in [6, 6.07) is 14.6. The van der Waals surface area contributed by atoms with E-state index in [1.54, 1.807) is 24.1 Å². The highest BCUT2D eigenvalue weighted by Crippen LogP contribution is 2.45. The SMILES string of the molecule is COc1ccccc1N1C(=O)CSC1c1cccc(NC(=O)CCC(=O)NO)c1. The van der Waals surface area contributed by atoms with Crippen LogP contribution in [0.1, 0.15) is 23.8 Å². The molecule has 0 aromatic heterocycles. The van der Waals surface area contributed by atoms with Crippen LogP contribution in [0, 0.1) is 0 Å². The van der Waals surface area contributed by atoms with Gasteiger partial charge in [0.15, 0.2) is 0 Å². The molecule has 0 saturated carbocycles. The first-order valence-corrected chi connectivity index (χ1v) is 9.97. The third-order valence-electron chi connectivity index (χ3n) is 4.37. The van der Waals surface area contributed by atoms with Gasteiger partial charge in [-0.2, -0.15) is 0 Å². The Morgan fingerprint density at radius 3 is 2.69 bits per heavy atom. The Bertz CT molecular complexity index is 920. The Morgan fingerprint density at radius 1 is 1.17 bits per heavy atom. The maximum absolute atomic E-state index is 12.6. The molecule has 3 rings (SSSR count). The van der Waals surface area contributed by atoms with Crippen molar-refractivity contribution in [3.63, 3.8) is 0 Å². The van der Waals surface area contributed by atoms with Gasteiger partial charge in [-0.3, -0.25) is 24.5 Å². The molecule has 3 N–H and O–H groups in total. The minimum absolute atomic E-state index is 0.0195. The van der Waals surface area contributed by atoms with Crippen LogP contribution in [-0.2, 0) is 14.4 Å². The number of para-hydroxylation sites is 2. The van der Waals surface area contributed by atoms with Gasteiger partial charge in [-0.05, 0) is 29.8 Å². The van der Waals surface area contributed by atoms with E-state index in [1.165, 1.54) is 17.2 Å². The largest absolute Gasteiger partial charge is 0.495 e. The molecule has 0 spiro atoms. The van der Waals surface area contributed by atoms with Gasteiger partial charge in [0.05, 0.1) is 18.6 Å². The Balaban J connectivity index is 1.79. The number of ether oxygens (including phenoxy) is 1. The highest BCUT2D eigenvalue weighted by Gasteiger charge is 2.35. The molecule has 1 aliphatic heterocycles. The van der Waals surface area contributed by atoms with E-state index in [2.05, 4.69) is 5.32 Å². The predicted octanol–water partition coefficient (Wildman–Crippen LogP) is 2.70. The van der Waals surface area contributed by atoms with E-state index in [-0.39, 0.29) is 30.0 Å². The van der Waals surface area contributed by atoms with Crippen molar-refractivity contribution in [1.82, 2.24) is 5.48 Å². The van der Waals surface area contributed by atoms with Crippen molar-refractivity contribution < 1.29 is 24.3 Å². The topological polar surface area (TPSA) is 108 Å². The molecule has 9 heteroatoms. The normalized spacial score (nSPS) is 15.9. The third-order valence-corrected chi connectivity index (χ3v) is 5.58. The molecule has 0 bridgehead atoms. The zero-order chi connectivity index (χ0) is 20.8. The third kappa shape index (κ3) is 4.87. The van der Waals surface area contributed by atoms with Crippen LogP contribution in [-0.4, -0.2) is 35.8 Å². The van der Waals surface area contributed by atoms with E-state index in [0.29, 0.717) is 22.9 Å². The first-order chi connectivity index (χ1) is 14.0. The fraction of sp³-hybridized carbons (Fsp3) is 0.250. The standard InChI is InChI=1S/C20H21N3O5S/c1-28-16-8-3-2-7-15(16)23-19(26)12-29-20(23)13-5-4-6-14(11-13)21-17(24)9-10-18(25)22-27/h2-8,11,20,27H,9-10,12H2,1H3,(H,21,24)(H,22,25). The summed E-state index contributed by atoms with van der Waals surface area (Å²) in [5.41, 5.74) is 3.61. The molecule has 0 aliphatic carbocycles. The highest BCUT2D eigenvalue weighted by molar-refractivity contribution is 8.00. The summed E-state index contributed by atoms with van der Waals surface area (Å²) in [6.45, 7) is 0. The van der Waals surface area contributed by atoms with Gasteiger partial charge >= 0.3 is 0 Å². The number of carbonyl (C=O) groups is 3. The van der Waals surface area contributed by atoms with Crippen LogP contribution in [0.25, 0.3) is 0 Å². The minimum Gasteiger partial charge on any atom is -0.495 e. The number of rotatable bonds is 7. The maximum atomic E-state index is 12.6. The smallest absolute Gasteiger partial charge is 0.243 e. The molecule has 3 amide bonds. The van der Waals surface area contributed by atoms with Crippen LogP contribution in [0.5, 0.6) is 5.75 Å². The average molecular weight is 415 g/mol. The van der Waals surface area contributed by atoms with Gasteiger partial charge < -0.3 is 10.1 Å². The van der Waals surface area contributed by atoms with Crippen LogP contribution < -0.4 is 20.4 Å². The minimum atomic E-state index is -0.623. The van der Waals surface area contributed by atoms with Crippen molar-refractivity contribution in [3.05, 3.63) is 54.1 Å². The summed E-state index contributed by atoms with van der Waals surface area (Å²) in [5, 5.41) is 11.0. The van der Waals surface area contributed by atoms with Gasteiger partial charge in [-0.25, -0.2) is 5.48 Å². The molecule has 2 aromatic carbocycles. The summed E-state index contributed by atoms with van der Waals surface area (Å²) in [6.07, 6.45) is -0.169. The summed E-state index contributed by atoms with van der Waals surface area (Å²) in [5.74, 6) is -0.0334. The molecule has 1 unspecified atom stereocenters. The Kier molecular flexibility index (Phi) is 6.73. The summed E-state index contributed by atoms with van der Waals surface area (Å²) < 4.78 is 5.41. The maximum Gasteiger partial charge on any atom is 0.243 e. The zero-order valence-electron chi connectivity index (χ0n) is 15.8. The molecule has 152 valence electrons. The predicted molar refractivity (Wildman–Crippen MR) is 110 cm³/mol. The number of hydroxylamine groups is 1. The fourth-order valence-corrected chi connectivity index (χ4v) is 4.20. The monoisotopic (exact) mass is 415 g/mol. The number of benzene rings is 2. The molecule has 1 heterocycles. The van der Waals surface area contributed by atoms with Gasteiger partial charge in [0, 0.05) is 18.5 Å². The quantitative estimate of drug-likeness (QED) is 0.474. The molecular formula is C20H21N3O5S. The summed E-state index contributed by atoms with van der Waals surface area (Å²) >= 11 is 1.50. The van der Waals surface area contributed by atoms with Crippen molar-refractivity contribution in [1.29, 1.82) is 0 Å². The number of amides is 3. The number of anilines is 2. The van der Waals surface area contributed by atoms with E-state index in [9.17, 15) is 14.4 Å². The van der Waals surface area contributed by atoms with Crippen LogP contribution >= 0.6 is 11.8 Å². The molecule has 1 fully saturated rings. The van der Waals surface area contributed by atoms with E-state index in [1.807, 2.05) is 36.4 Å². The second kappa shape index (κ2) is 9.44. The van der Waals surface area contributed by atoms with Crippen LogP contribution in [0.2, 0.25) is 0 Å². The van der Waals surface area contributed by atoms with Gasteiger partial charge in [-0.1, -0.05) is 24.3 Å². The highest BCUT2D eigenvalue weighted by atomic mass is 32.2. The summed E-state index contributed by atoms with van der Waals surface area (Å²) in [4.78, 5) is 37.4. The van der Waals surface area contributed by atoms with Crippen LogP contribution in [0.3, 0.4) is 0 Å². The molecule has 0 radical (unpaired) electrons. The lowest BCUT2D eigenvalue weighted by Gasteiger charge is -2.26. The van der Waals surface area contributed by atoms with E-state index in [0.717, 1.165) is 5.56 Å². The van der Waals surface area contributed by atoms with Gasteiger partial charge in [0.25, 0.3) is 0 Å².